The minimum Gasteiger partial charge on any atom is -0.348 e. The number of carbonyl (C=O) groups is 1. The molecule has 1 amide bonds. The zero-order valence-electron chi connectivity index (χ0n) is 15.7. The van der Waals surface area contributed by atoms with Gasteiger partial charge in [0.25, 0.3) is 5.91 Å². The van der Waals surface area contributed by atoms with Crippen molar-refractivity contribution < 1.29 is 9.18 Å². The van der Waals surface area contributed by atoms with Crippen LogP contribution in [-0.4, -0.2) is 34.7 Å². The van der Waals surface area contributed by atoms with Crippen molar-refractivity contribution in [2.45, 2.75) is 20.0 Å². The van der Waals surface area contributed by atoms with E-state index >= 15 is 0 Å². The summed E-state index contributed by atoms with van der Waals surface area (Å²) in [5, 5.41) is 7.19. The number of carbonyl (C=O) groups excluding carboxylic acids is 1. The molecular weight excluding hydrogens is 343 g/mol. The SMILES string of the molecule is Cc1c(C(=O)NCc2ccc(CN(C)C)cc2)cnn1-c1ccc(F)cc1. The Bertz CT molecular complexity index is 914. The highest BCUT2D eigenvalue weighted by atomic mass is 19.1. The molecule has 1 N–H and O–H groups in total. The van der Waals surface area contributed by atoms with Crippen molar-refractivity contribution in [3.8, 4) is 5.69 Å². The van der Waals surface area contributed by atoms with Crippen LogP contribution in [0.2, 0.25) is 0 Å². The van der Waals surface area contributed by atoms with E-state index in [0.717, 1.165) is 12.1 Å². The van der Waals surface area contributed by atoms with Crippen molar-refractivity contribution in [2.75, 3.05) is 14.1 Å². The van der Waals surface area contributed by atoms with Gasteiger partial charge in [-0.2, -0.15) is 5.10 Å². The normalized spacial score (nSPS) is 11.0. The number of halogens is 1. The maximum Gasteiger partial charge on any atom is 0.255 e. The molecule has 0 unspecified atom stereocenters. The van der Waals surface area contributed by atoms with Gasteiger partial charge in [-0.15, -0.1) is 0 Å². The Labute approximate surface area is 158 Å². The maximum atomic E-state index is 13.1. The van der Waals surface area contributed by atoms with E-state index in [-0.39, 0.29) is 11.7 Å². The third-order valence-corrected chi connectivity index (χ3v) is 4.30. The van der Waals surface area contributed by atoms with Gasteiger partial charge < -0.3 is 10.2 Å². The average Bonchev–Trinajstić information content (AvgIpc) is 3.03. The Hall–Kier alpha value is -2.99. The lowest BCUT2D eigenvalue weighted by molar-refractivity contribution is 0.0950. The van der Waals surface area contributed by atoms with Gasteiger partial charge in [0, 0.05) is 13.1 Å². The van der Waals surface area contributed by atoms with Crippen LogP contribution in [-0.2, 0) is 13.1 Å². The highest BCUT2D eigenvalue weighted by molar-refractivity contribution is 5.95. The quantitative estimate of drug-likeness (QED) is 0.728. The van der Waals surface area contributed by atoms with E-state index in [9.17, 15) is 9.18 Å². The zero-order chi connectivity index (χ0) is 19.4. The number of nitrogens with one attached hydrogen (secondary N) is 1. The number of rotatable bonds is 6. The zero-order valence-corrected chi connectivity index (χ0v) is 15.7. The smallest absolute Gasteiger partial charge is 0.255 e. The van der Waals surface area contributed by atoms with Crippen molar-refractivity contribution in [3.63, 3.8) is 0 Å². The van der Waals surface area contributed by atoms with Crippen molar-refractivity contribution >= 4 is 5.91 Å². The molecule has 140 valence electrons. The Kier molecular flexibility index (Phi) is 5.66. The van der Waals surface area contributed by atoms with Gasteiger partial charge in [-0.3, -0.25) is 4.79 Å². The fraction of sp³-hybridized carbons (Fsp3) is 0.238. The first-order valence-electron chi connectivity index (χ1n) is 8.75. The molecule has 1 heterocycles. The fourth-order valence-electron chi connectivity index (χ4n) is 2.88. The van der Waals surface area contributed by atoms with Gasteiger partial charge in [0.1, 0.15) is 5.82 Å². The van der Waals surface area contributed by atoms with Crippen molar-refractivity contribution in [2.24, 2.45) is 0 Å². The van der Waals surface area contributed by atoms with Crippen LogP contribution >= 0.6 is 0 Å². The average molecular weight is 366 g/mol. The lowest BCUT2D eigenvalue weighted by Gasteiger charge is -2.10. The molecule has 6 heteroatoms. The van der Waals surface area contributed by atoms with Gasteiger partial charge in [-0.25, -0.2) is 9.07 Å². The first-order valence-corrected chi connectivity index (χ1v) is 8.75. The minimum atomic E-state index is -0.307. The molecule has 0 aliphatic carbocycles. The van der Waals surface area contributed by atoms with E-state index < -0.39 is 0 Å². The summed E-state index contributed by atoms with van der Waals surface area (Å²) in [6.45, 7) is 3.15. The second-order valence-electron chi connectivity index (χ2n) is 6.77. The number of hydrogen-bond donors (Lipinski definition) is 1. The summed E-state index contributed by atoms with van der Waals surface area (Å²) in [6.07, 6.45) is 1.54. The molecule has 0 aliphatic heterocycles. The topological polar surface area (TPSA) is 50.2 Å². The molecule has 0 aliphatic rings. The van der Waals surface area contributed by atoms with E-state index in [0.29, 0.717) is 23.5 Å². The van der Waals surface area contributed by atoms with Crippen molar-refractivity contribution in [1.82, 2.24) is 20.0 Å². The molecule has 0 spiro atoms. The molecule has 3 rings (SSSR count). The molecule has 1 aromatic heterocycles. The molecule has 0 fully saturated rings. The largest absolute Gasteiger partial charge is 0.348 e. The van der Waals surface area contributed by atoms with Gasteiger partial charge in [-0.05, 0) is 56.4 Å². The fourth-order valence-corrected chi connectivity index (χ4v) is 2.88. The first kappa shape index (κ1) is 18.8. The van der Waals surface area contributed by atoms with Gasteiger partial charge in [0.2, 0.25) is 0 Å². The minimum absolute atomic E-state index is 0.182. The summed E-state index contributed by atoms with van der Waals surface area (Å²) >= 11 is 0. The third-order valence-electron chi connectivity index (χ3n) is 4.30. The highest BCUT2D eigenvalue weighted by Crippen LogP contribution is 2.15. The summed E-state index contributed by atoms with van der Waals surface area (Å²) in [7, 11) is 4.06. The third kappa shape index (κ3) is 4.60. The molecular formula is C21H23FN4O. The summed E-state index contributed by atoms with van der Waals surface area (Å²) in [4.78, 5) is 14.6. The molecule has 3 aromatic rings. The van der Waals surface area contributed by atoms with Crippen LogP contribution in [0.15, 0.2) is 54.7 Å². The van der Waals surface area contributed by atoms with Crippen LogP contribution in [0.3, 0.4) is 0 Å². The Morgan fingerprint density at radius 3 is 2.33 bits per heavy atom. The van der Waals surface area contributed by atoms with E-state index in [1.807, 2.05) is 33.2 Å². The Morgan fingerprint density at radius 1 is 1.07 bits per heavy atom. The van der Waals surface area contributed by atoms with Crippen molar-refractivity contribution in [1.29, 1.82) is 0 Å². The monoisotopic (exact) mass is 366 g/mol. The van der Waals surface area contributed by atoms with Crippen LogP contribution in [0.1, 0.15) is 27.2 Å². The van der Waals surface area contributed by atoms with E-state index in [2.05, 4.69) is 27.4 Å². The number of benzene rings is 2. The number of nitrogens with zero attached hydrogens (tertiary/aromatic N) is 3. The molecule has 27 heavy (non-hydrogen) atoms. The van der Waals surface area contributed by atoms with Gasteiger partial charge in [0.15, 0.2) is 0 Å². The summed E-state index contributed by atoms with van der Waals surface area (Å²) < 4.78 is 14.7. The Morgan fingerprint density at radius 2 is 1.70 bits per heavy atom. The van der Waals surface area contributed by atoms with Gasteiger partial charge >= 0.3 is 0 Å². The summed E-state index contributed by atoms with van der Waals surface area (Å²) in [6, 6.07) is 14.2. The number of aromatic nitrogens is 2. The van der Waals surface area contributed by atoms with E-state index in [4.69, 9.17) is 0 Å². The lowest BCUT2D eigenvalue weighted by atomic mass is 10.1. The molecule has 0 atom stereocenters. The van der Waals surface area contributed by atoms with Gasteiger partial charge in [0.05, 0.1) is 23.1 Å². The van der Waals surface area contributed by atoms with Crippen LogP contribution in [0.25, 0.3) is 5.69 Å². The Balaban J connectivity index is 1.65. The predicted molar refractivity (Wildman–Crippen MR) is 103 cm³/mol. The molecule has 0 saturated heterocycles. The van der Waals surface area contributed by atoms with Crippen LogP contribution in [0.4, 0.5) is 4.39 Å². The standard InChI is InChI=1S/C21H23FN4O/c1-15-20(13-24-26(15)19-10-8-18(22)9-11-19)21(27)23-12-16-4-6-17(7-5-16)14-25(2)3/h4-11,13H,12,14H2,1-3H3,(H,23,27). The maximum absolute atomic E-state index is 13.1. The second-order valence-corrected chi connectivity index (χ2v) is 6.77. The number of amides is 1. The lowest BCUT2D eigenvalue weighted by Crippen LogP contribution is -2.23. The van der Waals surface area contributed by atoms with Gasteiger partial charge in [-0.1, -0.05) is 24.3 Å². The highest BCUT2D eigenvalue weighted by Gasteiger charge is 2.15. The molecule has 0 saturated carbocycles. The van der Waals surface area contributed by atoms with Crippen LogP contribution < -0.4 is 5.32 Å². The molecule has 2 aromatic carbocycles. The number of hydrogen-bond acceptors (Lipinski definition) is 3. The summed E-state index contributed by atoms with van der Waals surface area (Å²) in [5.74, 6) is -0.489. The second kappa shape index (κ2) is 8.14. The van der Waals surface area contributed by atoms with E-state index in [1.54, 1.807) is 16.8 Å². The molecule has 5 nitrogen and oxygen atoms in total. The predicted octanol–water partition coefficient (Wildman–Crippen LogP) is 3.31. The van der Waals surface area contributed by atoms with Crippen LogP contribution in [0.5, 0.6) is 0 Å². The molecule has 0 bridgehead atoms. The first-order chi connectivity index (χ1) is 12.9. The van der Waals surface area contributed by atoms with E-state index in [1.165, 1.54) is 23.9 Å². The molecule has 0 radical (unpaired) electrons. The summed E-state index contributed by atoms with van der Waals surface area (Å²) in [5.41, 5.74) is 4.19. The van der Waals surface area contributed by atoms with Crippen molar-refractivity contribution in [3.05, 3.63) is 82.9 Å². The van der Waals surface area contributed by atoms with Crippen LogP contribution in [0, 0.1) is 12.7 Å².